The van der Waals surface area contributed by atoms with Crippen molar-refractivity contribution in [2.45, 2.75) is 32.9 Å². The molecule has 1 aromatic heterocycles. The summed E-state index contributed by atoms with van der Waals surface area (Å²) in [5.41, 5.74) is 2.60. The van der Waals surface area contributed by atoms with Gasteiger partial charge in [0.05, 0.1) is 6.20 Å². The van der Waals surface area contributed by atoms with Crippen LogP contribution < -0.4 is 5.32 Å². The van der Waals surface area contributed by atoms with Crippen molar-refractivity contribution >= 4 is 0 Å². The zero-order valence-electron chi connectivity index (χ0n) is 12.1. The number of nitrogens with zero attached hydrogens (tertiary/aromatic N) is 2. The van der Waals surface area contributed by atoms with E-state index in [4.69, 9.17) is 0 Å². The molecule has 0 saturated carbocycles. The van der Waals surface area contributed by atoms with Crippen LogP contribution in [0, 0.1) is 18.6 Å². The molecule has 2 atom stereocenters. The van der Waals surface area contributed by atoms with Gasteiger partial charge in [0.1, 0.15) is 11.6 Å². The summed E-state index contributed by atoms with van der Waals surface area (Å²) in [5, 5.41) is 7.51. The molecule has 2 unspecified atom stereocenters. The third-order valence-corrected chi connectivity index (χ3v) is 3.67. The summed E-state index contributed by atoms with van der Waals surface area (Å²) in [6.07, 6.45) is 1.81. The smallest absolute Gasteiger partial charge is 0.130 e. The number of rotatable bonds is 4. The normalized spacial score (nSPS) is 14.3. The van der Waals surface area contributed by atoms with E-state index in [1.807, 2.05) is 27.8 Å². The van der Waals surface area contributed by atoms with Gasteiger partial charge in [-0.15, -0.1) is 0 Å². The number of benzene rings is 1. The Morgan fingerprint density at radius 3 is 2.35 bits per heavy atom. The highest BCUT2D eigenvalue weighted by molar-refractivity contribution is 5.24. The van der Waals surface area contributed by atoms with E-state index in [0.29, 0.717) is 5.56 Å². The molecule has 0 aliphatic rings. The fourth-order valence-electron chi connectivity index (χ4n) is 2.35. The second kappa shape index (κ2) is 5.71. The summed E-state index contributed by atoms with van der Waals surface area (Å²) in [6, 6.07) is 3.48. The molecule has 0 fully saturated rings. The summed E-state index contributed by atoms with van der Waals surface area (Å²) in [7, 11) is 1.88. The van der Waals surface area contributed by atoms with Gasteiger partial charge >= 0.3 is 0 Å². The lowest BCUT2D eigenvalue weighted by Gasteiger charge is -2.20. The van der Waals surface area contributed by atoms with Crippen LogP contribution in [0.1, 0.15) is 42.8 Å². The molecule has 2 rings (SSSR count). The van der Waals surface area contributed by atoms with E-state index in [0.717, 1.165) is 17.3 Å². The minimum atomic E-state index is -0.561. The predicted octanol–water partition coefficient (Wildman–Crippen LogP) is 3.42. The van der Waals surface area contributed by atoms with Gasteiger partial charge in [-0.1, -0.05) is 6.07 Å². The first-order chi connectivity index (χ1) is 9.40. The molecular formula is C15H19F2N3. The van der Waals surface area contributed by atoms with Gasteiger partial charge in [-0.2, -0.15) is 5.10 Å². The molecule has 1 N–H and O–H groups in total. The molecule has 0 saturated heterocycles. The van der Waals surface area contributed by atoms with E-state index in [9.17, 15) is 8.78 Å². The Bertz CT molecular complexity index is 607. The fraction of sp³-hybridized carbons (Fsp3) is 0.400. The van der Waals surface area contributed by atoms with Crippen LogP contribution in [0.5, 0.6) is 0 Å². The van der Waals surface area contributed by atoms with Crippen LogP contribution in [0.2, 0.25) is 0 Å². The molecule has 2 aromatic rings. The van der Waals surface area contributed by atoms with Crippen molar-refractivity contribution in [1.29, 1.82) is 0 Å². The third-order valence-electron chi connectivity index (χ3n) is 3.67. The Morgan fingerprint density at radius 2 is 1.80 bits per heavy atom. The van der Waals surface area contributed by atoms with Crippen molar-refractivity contribution in [3.8, 4) is 0 Å². The molecule has 1 heterocycles. The summed E-state index contributed by atoms with van der Waals surface area (Å²) in [4.78, 5) is 0. The number of aromatic nitrogens is 2. The summed E-state index contributed by atoms with van der Waals surface area (Å²) in [6.45, 7) is 5.85. The van der Waals surface area contributed by atoms with Crippen LogP contribution in [0.15, 0.2) is 24.4 Å². The lowest BCUT2D eigenvalue weighted by atomic mass is 10.0. The lowest BCUT2D eigenvalue weighted by molar-refractivity contribution is 0.469. The molecule has 20 heavy (non-hydrogen) atoms. The van der Waals surface area contributed by atoms with E-state index in [-0.39, 0.29) is 12.1 Å². The number of aryl methyl sites for hydroxylation is 1. The standard InChI is InChI=1S/C15H19F2N3/c1-9(13-6-5-12(16)7-15(13)17)19-10(2)14-8-18-20(4)11(14)3/h5-10,19H,1-4H3. The zero-order valence-corrected chi connectivity index (χ0v) is 12.1. The van der Waals surface area contributed by atoms with Gasteiger partial charge < -0.3 is 5.32 Å². The Balaban J connectivity index is 2.15. The molecule has 0 bridgehead atoms. The van der Waals surface area contributed by atoms with Gasteiger partial charge in [0, 0.05) is 42.0 Å². The van der Waals surface area contributed by atoms with Crippen molar-refractivity contribution in [3.63, 3.8) is 0 Å². The highest BCUT2D eigenvalue weighted by Gasteiger charge is 2.17. The number of hydrogen-bond acceptors (Lipinski definition) is 2. The average molecular weight is 279 g/mol. The maximum Gasteiger partial charge on any atom is 0.130 e. The Labute approximate surface area is 117 Å². The molecule has 1 aromatic carbocycles. The Morgan fingerprint density at radius 1 is 1.15 bits per heavy atom. The molecule has 0 radical (unpaired) electrons. The number of nitrogens with one attached hydrogen (secondary N) is 1. The monoisotopic (exact) mass is 279 g/mol. The summed E-state index contributed by atoms with van der Waals surface area (Å²) in [5.74, 6) is -1.09. The van der Waals surface area contributed by atoms with Gasteiger partial charge in [-0.3, -0.25) is 4.68 Å². The van der Waals surface area contributed by atoms with Crippen molar-refractivity contribution in [2.24, 2.45) is 7.05 Å². The van der Waals surface area contributed by atoms with Crippen LogP contribution in [0.3, 0.4) is 0 Å². The first-order valence-electron chi connectivity index (χ1n) is 6.59. The van der Waals surface area contributed by atoms with E-state index in [1.54, 1.807) is 10.9 Å². The van der Waals surface area contributed by atoms with Gasteiger partial charge in [-0.05, 0) is 26.8 Å². The Hall–Kier alpha value is -1.75. The number of hydrogen-bond donors (Lipinski definition) is 1. The Kier molecular flexibility index (Phi) is 4.18. The molecule has 0 aliphatic heterocycles. The number of halogens is 2. The van der Waals surface area contributed by atoms with Crippen LogP contribution in [0.4, 0.5) is 8.78 Å². The van der Waals surface area contributed by atoms with Crippen molar-refractivity contribution in [3.05, 3.63) is 52.9 Å². The van der Waals surface area contributed by atoms with E-state index < -0.39 is 11.6 Å². The van der Waals surface area contributed by atoms with E-state index in [1.165, 1.54) is 12.1 Å². The first kappa shape index (κ1) is 14.7. The minimum Gasteiger partial charge on any atom is -0.303 e. The molecule has 0 amide bonds. The van der Waals surface area contributed by atoms with Crippen molar-refractivity contribution in [2.75, 3.05) is 0 Å². The summed E-state index contributed by atoms with van der Waals surface area (Å²) < 4.78 is 28.5. The topological polar surface area (TPSA) is 29.9 Å². The third kappa shape index (κ3) is 2.88. The van der Waals surface area contributed by atoms with Crippen LogP contribution in [0.25, 0.3) is 0 Å². The van der Waals surface area contributed by atoms with E-state index >= 15 is 0 Å². The SMILES string of the molecule is Cc1c(C(C)NC(C)c2ccc(F)cc2F)cnn1C. The summed E-state index contributed by atoms with van der Waals surface area (Å²) >= 11 is 0. The van der Waals surface area contributed by atoms with Crippen LogP contribution >= 0.6 is 0 Å². The highest BCUT2D eigenvalue weighted by Crippen LogP contribution is 2.23. The maximum absolute atomic E-state index is 13.7. The molecule has 108 valence electrons. The van der Waals surface area contributed by atoms with Crippen LogP contribution in [-0.2, 0) is 7.05 Å². The lowest BCUT2D eigenvalue weighted by Crippen LogP contribution is -2.23. The second-order valence-corrected chi connectivity index (χ2v) is 5.08. The minimum absolute atomic E-state index is 0.0307. The predicted molar refractivity (Wildman–Crippen MR) is 74.3 cm³/mol. The second-order valence-electron chi connectivity index (χ2n) is 5.08. The molecule has 3 nitrogen and oxygen atoms in total. The van der Waals surface area contributed by atoms with Gasteiger partial charge in [0.2, 0.25) is 0 Å². The highest BCUT2D eigenvalue weighted by atomic mass is 19.1. The molecule has 5 heteroatoms. The van der Waals surface area contributed by atoms with E-state index in [2.05, 4.69) is 10.4 Å². The quantitative estimate of drug-likeness (QED) is 0.929. The van der Waals surface area contributed by atoms with Crippen molar-refractivity contribution < 1.29 is 8.78 Å². The van der Waals surface area contributed by atoms with Crippen LogP contribution in [-0.4, -0.2) is 9.78 Å². The maximum atomic E-state index is 13.7. The molecule has 0 aliphatic carbocycles. The van der Waals surface area contributed by atoms with Gasteiger partial charge in [0.15, 0.2) is 0 Å². The zero-order chi connectivity index (χ0) is 14.9. The fourth-order valence-corrected chi connectivity index (χ4v) is 2.35. The van der Waals surface area contributed by atoms with Crippen molar-refractivity contribution in [1.82, 2.24) is 15.1 Å². The van der Waals surface area contributed by atoms with Gasteiger partial charge in [0.25, 0.3) is 0 Å². The average Bonchev–Trinajstić information content (AvgIpc) is 2.69. The molecular weight excluding hydrogens is 260 g/mol. The first-order valence-corrected chi connectivity index (χ1v) is 6.59. The molecule has 0 spiro atoms. The van der Waals surface area contributed by atoms with Gasteiger partial charge in [-0.25, -0.2) is 8.78 Å². The largest absolute Gasteiger partial charge is 0.303 e.